The lowest BCUT2D eigenvalue weighted by Gasteiger charge is -2.37. The number of aliphatic carboxylic acids is 1. The van der Waals surface area contributed by atoms with E-state index in [2.05, 4.69) is 5.32 Å². The van der Waals surface area contributed by atoms with E-state index in [1.54, 1.807) is 0 Å². The number of piperidine rings is 1. The van der Waals surface area contributed by atoms with Gasteiger partial charge in [0.25, 0.3) is 0 Å². The smallest absolute Gasteiger partial charge is 0.326 e. The molecule has 114 valence electrons. The van der Waals surface area contributed by atoms with Gasteiger partial charge in [-0.2, -0.15) is 0 Å². The number of carbonyl (C=O) groups is 2. The molecule has 0 spiro atoms. The van der Waals surface area contributed by atoms with Crippen molar-refractivity contribution in [3.05, 3.63) is 35.9 Å². The largest absolute Gasteiger partial charge is 0.480 e. The monoisotopic (exact) mass is 290 g/mol. The van der Waals surface area contributed by atoms with E-state index in [0.29, 0.717) is 6.54 Å². The Bertz CT molecular complexity index is 504. The quantitative estimate of drug-likeness (QED) is 0.899. The molecule has 2 N–H and O–H groups in total. The number of nitrogens with one attached hydrogen (secondary N) is 1. The number of benzene rings is 1. The molecule has 1 saturated heterocycles. The first-order valence-corrected chi connectivity index (χ1v) is 7.35. The number of hydrogen-bond donors (Lipinski definition) is 2. The molecule has 0 bridgehead atoms. The minimum atomic E-state index is -0.926. The number of nitrogens with zero attached hydrogens (tertiary/aromatic N) is 1. The van der Waals surface area contributed by atoms with Gasteiger partial charge in [0.1, 0.15) is 6.04 Å². The van der Waals surface area contributed by atoms with Crippen molar-refractivity contribution in [3.8, 4) is 0 Å². The zero-order chi connectivity index (χ0) is 15.4. The van der Waals surface area contributed by atoms with Crippen LogP contribution >= 0.6 is 0 Å². The van der Waals surface area contributed by atoms with Crippen LogP contribution in [0.5, 0.6) is 0 Å². The summed E-state index contributed by atoms with van der Waals surface area (Å²) in [6.45, 7) is 4.28. The summed E-state index contributed by atoms with van der Waals surface area (Å²) in [6.07, 6.45) is 1.69. The fraction of sp³-hybridized carbons (Fsp3) is 0.500. The van der Waals surface area contributed by atoms with Crippen molar-refractivity contribution in [1.29, 1.82) is 0 Å². The standard InChI is InChI=1S/C16H22N2O3/c1-11-7-6-10-18(14(11)15(19)20)16(21)17-12(2)13-8-4-3-5-9-13/h3-5,8-9,11-12,14H,6-7,10H2,1-2H3,(H,17,21)(H,19,20). The van der Waals surface area contributed by atoms with E-state index in [0.717, 1.165) is 18.4 Å². The molecule has 3 atom stereocenters. The van der Waals surface area contributed by atoms with Crippen LogP contribution in [0.15, 0.2) is 30.3 Å². The maximum absolute atomic E-state index is 12.4. The van der Waals surface area contributed by atoms with Gasteiger partial charge in [0.15, 0.2) is 0 Å². The molecule has 1 aliphatic heterocycles. The van der Waals surface area contributed by atoms with Crippen LogP contribution in [0.1, 0.15) is 38.3 Å². The Hall–Kier alpha value is -2.04. The number of carboxylic acids is 1. The Morgan fingerprint density at radius 2 is 2.00 bits per heavy atom. The first kappa shape index (κ1) is 15.4. The van der Waals surface area contributed by atoms with Crippen molar-refractivity contribution in [2.24, 2.45) is 5.92 Å². The summed E-state index contributed by atoms with van der Waals surface area (Å²) in [5.41, 5.74) is 1.00. The summed E-state index contributed by atoms with van der Waals surface area (Å²) in [7, 11) is 0. The van der Waals surface area contributed by atoms with Crippen LogP contribution in [0.3, 0.4) is 0 Å². The molecule has 21 heavy (non-hydrogen) atoms. The molecule has 0 aromatic heterocycles. The Kier molecular flexibility index (Phi) is 4.83. The van der Waals surface area contributed by atoms with Gasteiger partial charge in [-0.1, -0.05) is 37.3 Å². The number of carboxylic acid groups (broad SMARTS) is 1. The normalized spacial score (nSPS) is 23.4. The van der Waals surface area contributed by atoms with Gasteiger partial charge >= 0.3 is 12.0 Å². The second kappa shape index (κ2) is 6.61. The Labute approximate surface area is 125 Å². The number of carbonyl (C=O) groups excluding carboxylic acids is 1. The Balaban J connectivity index is 2.06. The summed E-state index contributed by atoms with van der Waals surface area (Å²) in [5, 5.41) is 12.3. The topological polar surface area (TPSA) is 69.6 Å². The lowest BCUT2D eigenvalue weighted by molar-refractivity contribution is -0.145. The summed E-state index contributed by atoms with van der Waals surface area (Å²) in [5.74, 6) is -0.946. The molecular formula is C16H22N2O3. The van der Waals surface area contributed by atoms with Crippen LogP contribution < -0.4 is 5.32 Å². The highest BCUT2D eigenvalue weighted by Gasteiger charge is 2.37. The van der Waals surface area contributed by atoms with E-state index in [1.807, 2.05) is 44.2 Å². The van der Waals surface area contributed by atoms with Gasteiger partial charge in [-0.25, -0.2) is 9.59 Å². The van der Waals surface area contributed by atoms with Gasteiger partial charge in [-0.05, 0) is 31.2 Å². The lowest BCUT2D eigenvalue weighted by Crippen LogP contribution is -2.55. The van der Waals surface area contributed by atoms with Crippen molar-refractivity contribution in [2.45, 2.75) is 38.8 Å². The van der Waals surface area contributed by atoms with Crippen molar-refractivity contribution in [3.63, 3.8) is 0 Å². The highest BCUT2D eigenvalue weighted by Crippen LogP contribution is 2.24. The molecule has 1 aromatic carbocycles. The zero-order valence-corrected chi connectivity index (χ0v) is 12.5. The van der Waals surface area contributed by atoms with Gasteiger partial charge < -0.3 is 15.3 Å². The third-order valence-electron chi connectivity index (χ3n) is 4.09. The minimum absolute atomic E-state index is 0.0194. The predicted octanol–water partition coefficient (Wildman–Crippen LogP) is 2.64. The fourth-order valence-corrected chi connectivity index (χ4v) is 2.89. The van der Waals surface area contributed by atoms with E-state index in [9.17, 15) is 14.7 Å². The third-order valence-corrected chi connectivity index (χ3v) is 4.09. The number of amides is 2. The molecule has 0 saturated carbocycles. The van der Waals surface area contributed by atoms with E-state index >= 15 is 0 Å². The van der Waals surface area contributed by atoms with Gasteiger partial charge in [0, 0.05) is 6.54 Å². The van der Waals surface area contributed by atoms with Crippen LogP contribution in [0.2, 0.25) is 0 Å². The Morgan fingerprint density at radius 3 is 2.62 bits per heavy atom. The van der Waals surface area contributed by atoms with Crippen molar-refractivity contribution < 1.29 is 14.7 Å². The van der Waals surface area contributed by atoms with Crippen molar-refractivity contribution in [2.75, 3.05) is 6.54 Å². The summed E-state index contributed by atoms with van der Waals surface area (Å²) in [4.78, 5) is 25.3. The minimum Gasteiger partial charge on any atom is -0.480 e. The average Bonchev–Trinajstić information content (AvgIpc) is 2.47. The average molecular weight is 290 g/mol. The lowest BCUT2D eigenvalue weighted by atomic mass is 9.91. The zero-order valence-electron chi connectivity index (χ0n) is 12.5. The number of likely N-dealkylation sites (tertiary alicyclic amines) is 1. The maximum Gasteiger partial charge on any atom is 0.326 e. The summed E-state index contributed by atoms with van der Waals surface area (Å²) in [6, 6.07) is 8.46. The molecular weight excluding hydrogens is 268 g/mol. The number of hydrogen-bond acceptors (Lipinski definition) is 2. The van der Waals surface area contributed by atoms with E-state index in [-0.39, 0.29) is 18.0 Å². The first-order valence-electron chi connectivity index (χ1n) is 7.35. The van der Waals surface area contributed by atoms with E-state index in [4.69, 9.17) is 0 Å². The molecule has 1 heterocycles. The molecule has 2 rings (SSSR count). The predicted molar refractivity (Wildman–Crippen MR) is 79.9 cm³/mol. The second-order valence-electron chi connectivity index (χ2n) is 5.68. The van der Waals surface area contributed by atoms with Crippen LogP contribution in [0, 0.1) is 5.92 Å². The fourth-order valence-electron chi connectivity index (χ4n) is 2.89. The van der Waals surface area contributed by atoms with Crippen LogP contribution in [-0.4, -0.2) is 34.6 Å². The van der Waals surface area contributed by atoms with E-state index < -0.39 is 12.0 Å². The van der Waals surface area contributed by atoms with Crippen LogP contribution in [0.4, 0.5) is 4.79 Å². The SMILES string of the molecule is CC(NC(=O)N1CCCC(C)C1C(=O)O)c1ccccc1. The number of rotatable bonds is 3. The molecule has 5 heteroatoms. The third kappa shape index (κ3) is 3.54. The molecule has 1 aromatic rings. The highest BCUT2D eigenvalue weighted by molar-refractivity contribution is 5.83. The summed E-state index contributed by atoms with van der Waals surface area (Å²) < 4.78 is 0. The molecule has 5 nitrogen and oxygen atoms in total. The summed E-state index contributed by atoms with van der Waals surface area (Å²) >= 11 is 0. The molecule has 0 aliphatic carbocycles. The van der Waals surface area contributed by atoms with E-state index in [1.165, 1.54) is 4.90 Å². The molecule has 2 amide bonds. The molecule has 3 unspecified atom stereocenters. The van der Waals surface area contributed by atoms with Gasteiger partial charge in [0.05, 0.1) is 6.04 Å². The molecule has 0 radical (unpaired) electrons. The van der Waals surface area contributed by atoms with Crippen molar-refractivity contribution in [1.82, 2.24) is 10.2 Å². The highest BCUT2D eigenvalue weighted by atomic mass is 16.4. The van der Waals surface area contributed by atoms with Crippen LogP contribution in [-0.2, 0) is 4.79 Å². The Morgan fingerprint density at radius 1 is 1.33 bits per heavy atom. The van der Waals surface area contributed by atoms with Gasteiger partial charge in [-0.15, -0.1) is 0 Å². The second-order valence-corrected chi connectivity index (χ2v) is 5.68. The maximum atomic E-state index is 12.4. The molecule has 1 fully saturated rings. The van der Waals surface area contributed by atoms with Crippen LogP contribution in [0.25, 0.3) is 0 Å². The number of urea groups is 1. The van der Waals surface area contributed by atoms with Crippen molar-refractivity contribution >= 4 is 12.0 Å². The van der Waals surface area contributed by atoms with Gasteiger partial charge in [0.2, 0.25) is 0 Å². The molecule has 1 aliphatic rings. The van der Waals surface area contributed by atoms with Gasteiger partial charge in [-0.3, -0.25) is 0 Å². The first-order chi connectivity index (χ1) is 10.0.